The molecule has 3 N–H and O–H groups in total. The number of benzene rings is 2. The smallest absolute Gasteiger partial charge is 0.134 e. The van der Waals surface area contributed by atoms with Crippen molar-refractivity contribution in [3.05, 3.63) is 47.5 Å². The lowest BCUT2D eigenvalue weighted by molar-refractivity contribution is 0.356. The molecule has 1 heterocycles. The molecular formula is C15H12O4. The van der Waals surface area contributed by atoms with Gasteiger partial charge in [-0.15, -0.1) is 0 Å². The maximum atomic E-state index is 9.82. The Labute approximate surface area is 109 Å². The average Bonchev–Trinajstić information content (AvgIpc) is 2.39. The lowest BCUT2D eigenvalue weighted by atomic mass is 10.00. The minimum Gasteiger partial charge on any atom is -0.508 e. The largest absolute Gasteiger partial charge is 0.508 e. The molecule has 4 heteroatoms. The van der Waals surface area contributed by atoms with Gasteiger partial charge in [0.1, 0.15) is 29.6 Å². The molecule has 0 aromatic heterocycles. The van der Waals surface area contributed by atoms with Gasteiger partial charge >= 0.3 is 0 Å². The van der Waals surface area contributed by atoms with Gasteiger partial charge in [-0.3, -0.25) is 0 Å². The summed E-state index contributed by atoms with van der Waals surface area (Å²) in [7, 11) is 0. The van der Waals surface area contributed by atoms with Crippen LogP contribution in [0.1, 0.15) is 11.1 Å². The summed E-state index contributed by atoms with van der Waals surface area (Å²) in [5.74, 6) is 0.609. The molecule has 0 atom stereocenters. The number of hydrogen-bond acceptors (Lipinski definition) is 4. The van der Waals surface area contributed by atoms with Crippen LogP contribution in [0.5, 0.6) is 23.0 Å². The standard InChI is InChI=1S/C15H12O4/c16-11-3-1-9(2-4-11)10-5-13-14(18)6-12(17)7-15(13)19-8-10/h1-7,16-18H,8H2. The summed E-state index contributed by atoms with van der Waals surface area (Å²) in [5, 5.41) is 28.5. The van der Waals surface area contributed by atoms with Gasteiger partial charge in [0, 0.05) is 12.1 Å². The van der Waals surface area contributed by atoms with Gasteiger partial charge in [-0.1, -0.05) is 12.1 Å². The van der Waals surface area contributed by atoms with Crippen LogP contribution in [-0.2, 0) is 0 Å². The first kappa shape index (κ1) is 11.5. The third-order valence-corrected chi connectivity index (χ3v) is 3.04. The van der Waals surface area contributed by atoms with Crippen LogP contribution in [0.3, 0.4) is 0 Å². The molecule has 0 aliphatic carbocycles. The van der Waals surface area contributed by atoms with Gasteiger partial charge in [0.25, 0.3) is 0 Å². The van der Waals surface area contributed by atoms with Crippen LogP contribution >= 0.6 is 0 Å². The van der Waals surface area contributed by atoms with Crippen molar-refractivity contribution in [1.82, 2.24) is 0 Å². The van der Waals surface area contributed by atoms with Crippen LogP contribution in [0.2, 0.25) is 0 Å². The summed E-state index contributed by atoms with van der Waals surface area (Å²) < 4.78 is 5.53. The van der Waals surface area contributed by atoms with E-state index in [0.29, 0.717) is 17.9 Å². The molecule has 0 saturated carbocycles. The maximum Gasteiger partial charge on any atom is 0.134 e. The molecule has 3 rings (SSSR count). The van der Waals surface area contributed by atoms with E-state index in [1.54, 1.807) is 24.3 Å². The molecule has 1 aliphatic heterocycles. The topological polar surface area (TPSA) is 69.9 Å². The van der Waals surface area contributed by atoms with Crippen molar-refractivity contribution in [3.63, 3.8) is 0 Å². The summed E-state index contributed by atoms with van der Waals surface area (Å²) in [5.41, 5.74) is 2.36. The van der Waals surface area contributed by atoms with E-state index in [-0.39, 0.29) is 17.2 Å². The molecule has 0 fully saturated rings. The highest BCUT2D eigenvalue weighted by atomic mass is 16.5. The van der Waals surface area contributed by atoms with Crippen LogP contribution in [0.4, 0.5) is 0 Å². The molecule has 96 valence electrons. The van der Waals surface area contributed by atoms with E-state index in [9.17, 15) is 15.3 Å². The zero-order chi connectivity index (χ0) is 13.4. The van der Waals surface area contributed by atoms with E-state index in [2.05, 4.69) is 0 Å². The minimum absolute atomic E-state index is 0.0222. The minimum atomic E-state index is -0.0299. The highest BCUT2D eigenvalue weighted by molar-refractivity contribution is 5.87. The first-order valence-electron chi connectivity index (χ1n) is 5.82. The predicted octanol–water partition coefficient (Wildman–Crippen LogP) is 2.74. The Hall–Kier alpha value is -2.62. The fourth-order valence-corrected chi connectivity index (χ4v) is 2.08. The SMILES string of the molecule is Oc1ccc(C2=Cc3c(O)cc(O)cc3OC2)cc1. The number of fused-ring (bicyclic) bond motifs is 1. The first-order valence-corrected chi connectivity index (χ1v) is 5.82. The van der Waals surface area contributed by atoms with Crippen molar-refractivity contribution in [2.75, 3.05) is 6.61 Å². The first-order chi connectivity index (χ1) is 9.13. The van der Waals surface area contributed by atoms with Crippen LogP contribution in [-0.4, -0.2) is 21.9 Å². The Kier molecular flexibility index (Phi) is 2.56. The average molecular weight is 256 g/mol. The number of phenols is 3. The molecule has 2 aromatic carbocycles. The van der Waals surface area contributed by atoms with Crippen molar-refractivity contribution in [3.8, 4) is 23.0 Å². The van der Waals surface area contributed by atoms with Crippen LogP contribution in [0.15, 0.2) is 36.4 Å². The van der Waals surface area contributed by atoms with Gasteiger partial charge in [-0.25, -0.2) is 0 Å². The Morgan fingerprint density at radius 1 is 0.895 bits per heavy atom. The maximum absolute atomic E-state index is 9.82. The normalized spacial score (nSPS) is 13.4. The number of rotatable bonds is 1. The van der Waals surface area contributed by atoms with Crippen molar-refractivity contribution >= 4 is 11.6 Å². The van der Waals surface area contributed by atoms with E-state index >= 15 is 0 Å². The lowest BCUT2D eigenvalue weighted by Gasteiger charge is -2.19. The number of phenolic OH excluding ortho intramolecular Hbond substituents is 3. The predicted molar refractivity (Wildman–Crippen MR) is 71.2 cm³/mol. The Morgan fingerprint density at radius 3 is 2.37 bits per heavy atom. The third kappa shape index (κ3) is 2.08. The van der Waals surface area contributed by atoms with Gasteiger partial charge in [0.15, 0.2) is 0 Å². The Morgan fingerprint density at radius 2 is 1.63 bits per heavy atom. The molecule has 0 unspecified atom stereocenters. The van der Waals surface area contributed by atoms with Gasteiger partial charge in [-0.05, 0) is 29.3 Å². The molecule has 0 saturated heterocycles. The molecule has 0 bridgehead atoms. The van der Waals surface area contributed by atoms with Crippen molar-refractivity contribution in [2.24, 2.45) is 0 Å². The molecule has 4 nitrogen and oxygen atoms in total. The quantitative estimate of drug-likeness (QED) is 0.733. The molecule has 0 amide bonds. The molecular weight excluding hydrogens is 244 g/mol. The second kappa shape index (κ2) is 4.24. The van der Waals surface area contributed by atoms with Crippen molar-refractivity contribution < 1.29 is 20.1 Å². The Balaban J connectivity index is 2.06. The number of aromatic hydroxyl groups is 3. The van der Waals surface area contributed by atoms with E-state index in [0.717, 1.165) is 11.1 Å². The number of ether oxygens (including phenoxy) is 1. The second-order valence-electron chi connectivity index (χ2n) is 4.38. The molecule has 2 aromatic rings. The molecule has 19 heavy (non-hydrogen) atoms. The summed E-state index contributed by atoms with van der Waals surface area (Å²) >= 11 is 0. The number of hydrogen-bond donors (Lipinski definition) is 3. The van der Waals surface area contributed by atoms with Crippen molar-refractivity contribution in [1.29, 1.82) is 0 Å². The van der Waals surface area contributed by atoms with Crippen molar-refractivity contribution in [2.45, 2.75) is 0 Å². The summed E-state index contributed by atoms with van der Waals surface area (Å²) in [6.45, 7) is 0.348. The van der Waals surface area contributed by atoms with Crippen LogP contribution in [0.25, 0.3) is 11.6 Å². The van der Waals surface area contributed by atoms with E-state index in [1.807, 2.05) is 6.08 Å². The zero-order valence-corrected chi connectivity index (χ0v) is 10.00. The van der Waals surface area contributed by atoms with Gasteiger partial charge in [0.2, 0.25) is 0 Å². The fraction of sp³-hybridized carbons (Fsp3) is 0.0667. The summed E-state index contributed by atoms with van der Waals surface area (Å²) in [4.78, 5) is 0. The van der Waals surface area contributed by atoms with Gasteiger partial charge in [-0.2, -0.15) is 0 Å². The highest BCUT2D eigenvalue weighted by Crippen LogP contribution is 2.39. The zero-order valence-electron chi connectivity index (χ0n) is 10.00. The van der Waals surface area contributed by atoms with Crippen LogP contribution < -0.4 is 4.74 Å². The molecule has 1 aliphatic rings. The highest BCUT2D eigenvalue weighted by Gasteiger charge is 2.17. The molecule has 0 radical (unpaired) electrons. The third-order valence-electron chi connectivity index (χ3n) is 3.04. The van der Waals surface area contributed by atoms with E-state index in [1.165, 1.54) is 12.1 Å². The second-order valence-corrected chi connectivity index (χ2v) is 4.38. The summed E-state index contributed by atoms with van der Waals surface area (Å²) in [6, 6.07) is 9.52. The monoisotopic (exact) mass is 256 g/mol. The Bertz CT molecular complexity index is 657. The lowest BCUT2D eigenvalue weighted by Crippen LogP contribution is -2.06. The van der Waals surface area contributed by atoms with Gasteiger partial charge < -0.3 is 20.1 Å². The van der Waals surface area contributed by atoms with E-state index < -0.39 is 0 Å². The van der Waals surface area contributed by atoms with Crippen LogP contribution in [0, 0.1) is 0 Å². The summed E-state index contributed by atoms with van der Waals surface area (Å²) in [6.07, 6.45) is 1.82. The fourth-order valence-electron chi connectivity index (χ4n) is 2.08. The van der Waals surface area contributed by atoms with Gasteiger partial charge in [0.05, 0.1) is 5.56 Å². The van der Waals surface area contributed by atoms with E-state index in [4.69, 9.17) is 4.74 Å². The molecule has 0 spiro atoms.